The number of aryl methyl sites for hydroxylation is 1. The maximum atomic E-state index is 12.9. The van der Waals surface area contributed by atoms with Crippen LogP contribution < -0.4 is 5.56 Å². The zero-order valence-electron chi connectivity index (χ0n) is 13.6. The van der Waals surface area contributed by atoms with Crippen molar-refractivity contribution in [1.82, 2.24) is 9.55 Å². The number of nitrogens with zero attached hydrogens (tertiary/aromatic N) is 3. The number of hydrogen-bond acceptors (Lipinski definition) is 4. The fourth-order valence-corrected chi connectivity index (χ4v) is 3.23. The molecular formula is C19H17N3OS. The van der Waals surface area contributed by atoms with Crippen molar-refractivity contribution >= 4 is 22.7 Å². The SMILES string of the molecule is Cc1ccc(Cn2c(SC(C)C#N)nc3ccccc3c2=O)cc1. The van der Waals surface area contributed by atoms with Gasteiger partial charge in [0.25, 0.3) is 5.56 Å². The summed E-state index contributed by atoms with van der Waals surface area (Å²) in [5, 5.41) is 10.0. The molecule has 0 N–H and O–H groups in total. The standard InChI is InChI=1S/C19H17N3OS/c1-13-7-9-15(10-8-13)12-22-18(23)16-5-3-4-6-17(16)21-19(22)24-14(2)11-20/h3-10,14H,12H2,1-2H3. The number of hydrogen-bond donors (Lipinski definition) is 0. The Labute approximate surface area is 144 Å². The molecule has 1 heterocycles. The van der Waals surface area contributed by atoms with E-state index in [1.807, 2.05) is 56.3 Å². The number of rotatable bonds is 4. The van der Waals surface area contributed by atoms with Crippen molar-refractivity contribution in [3.05, 3.63) is 70.0 Å². The summed E-state index contributed by atoms with van der Waals surface area (Å²) in [5.74, 6) is 0. The Morgan fingerprint density at radius 1 is 1.21 bits per heavy atom. The molecule has 3 aromatic rings. The normalized spacial score (nSPS) is 12.0. The first kappa shape index (κ1) is 16.3. The van der Waals surface area contributed by atoms with E-state index in [9.17, 15) is 4.79 Å². The molecule has 0 radical (unpaired) electrons. The molecular weight excluding hydrogens is 318 g/mol. The van der Waals surface area contributed by atoms with Gasteiger partial charge in [-0.25, -0.2) is 4.98 Å². The summed E-state index contributed by atoms with van der Waals surface area (Å²) < 4.78 is 1.66. The Kier molecular flexibility index (Phi) is 4.68. The molecule has 0 aliphatic heterocycles. The Morgan fingerprint density at radius 3 is 2.62 bits per heavy atom. The second-order valence-corrected chi connectivity index (χ2v) is 6.99. The van der Waals surface area contributed by atoms with Gasteiger partial charge < -0.3 is 0 Å². The first-order valence-electron chi connectivity index (χ1n) is 7.70. The van der Waals surface area contributed by atoms with Gasteiger partial charge in [-0.15, -0.1) is 0 Å². The third-order valence-electron chi connectivity index (χ3n) is 3.75. The molecule has 1 atom stereocenters. The minimum Gasteiger partial charge on any atom is -0.283 e. The monoisotopic (exact) mass is 335 g/mol. The van der Waals surface area contributed by atoms with E-state index in [0.717, 1.165) is 5.56 Å². The maximum absolute atomic E-state index is 12.9. The summed E-state index contributed by atoms with van der Waals surface area (Å²) in [6.07, 6.45) is 0. The van der Waals surface area contributed by atoms with Crippen LogP contribution >= 0.6 is 11.8 Å². The fourth-order valence-electron chi connectivity index (χ4n) is 2.44. The van der Waals surface area contributed by atoms with Gasteiger partial charge >= 0.3 is 0 Å². The first-order valence-corrected chi connectivity index (χ1v) is 8.58. The lowest BCUT2D eigenvalue weighted by atomic mass is 10.1. The summed E-state index contributed by atoms with van der Waals surface area (Å²) in [7, 11) is 0. The van der Waals surface area contributed by atoms with E-state index in [1.54, 1.807) is 10.6 Å². The topological polar surface area (TPSA) is 58.7 Å². The van der Waals surface area contributed by atoms with Gasteiger partial charge in [0.1, 0.15) is 0 Å². The number of fused-ring (bicyclic) bond motifs is 1. The van der Waals surface area contributed by atoms with Crippen LogP contribution in [-0.2, 0) is 6.54 Å². The number of aromatic nitrogens is 2. The van der Waals surface area contributed by atoms with Crippen LogP contribution in [0.4, 0.5) is 0 Å². The van der Waals surface area contributed by atoms with Gasteiger partial charge in [-0.1, -0.05) is 53.7 Å². The van der Waals surface area contributed by atoms with Crippen LogP contribution in [0.15, 0.2) is 58.5 Å². The quantitative estimate of drug-likeness (QED) is 0.538. The molecule has 0 amide bonds. The van der Waals surface area contributed by atoms with Crippen LogP contribution in [0.25, 0.3) is 10.9 Å². The van der Waals surface area contributed by atoms with Crippen molar-refractivity contribution in [1.29, 1.82) is 5.26 Å². The minimum absolute atomic E-state index is 0.0752. The highest BCUT2D eigenvalue weighted by Crippen LogP contribution is 2.22. The second-order valence-electron chi connectivity index (χ2n) is 5.68. The molecule has 24 heavy (non-hydrogen) atoms. The van der Waals surface area contributed by atoms with Crippen LogP contribution in [0.2, 0.25) is 0 Å². The Morgan fingerprint density at radius 2 is 1.92 bits per heavy atom. The highest BCUT2D eigenvalue weighted by Gasteiger charge is 2.14. The average Bonchev–Trinajstić information content (AvgIpc) is 2.60. The summed E-state index contributed by atoms with van der Waals surface area (Å²) in [6, 6.07) is 17.6. The molecule has 0 saturated carbocycles. The number of thioether (sulfide) groups is 1. The molecule has 0 saturated heterocycles. The Hall–Kier alpha value is -2.58. The summed E-state index contributed by atoms with van der Waals surface area (Å²) in [4.78, 5) is 17.5. The largest absolute Gasteiger partial charge is 0.283 e. The van der Waals surface area contributed by atoms with Gasteiger partial charge in [0.05, 0.1) is 28.8 Å². The second kappa shape index (κ2) is 6.90. The first-order chi connectivity index (χ1) is 11.6. The lowest BCUT2D eigenvalue weighted by molar-refractivity contribution is 0.657. The molecule has 0 aliphatic carbocycles. The van der Waals surface area contributed by atoms with E-state index in [0.29, 0.717) is 22.6 Å². The lowest BCUT2D eigenvalue weighted by Crippen LogP contribution is -2.24. The van der Waals surface area contributed by atoms with Crippen molar-refractivity contribution in [3.8, 4) is 6.07 Å². The molecule has 3 rings (SSSR count). The van der Waals surface area contributed by atoms with Crippen molar-refractivity contribution < 1.29 is 0 Å². The lowest BCUT2D eigenvalue weighted by Gasteiger charge is -2.14. The zero-order chi connectivity index (χ0) is 17.1. The third-order valence-corrected chi connectivity index (χ3v) is 4.73. The molecule has 0 aliphatic rings. The van der Waals surface area contributed by atoms with Crippen LogP contribution in [0.3, 0.4) is 0 Å². The fraction of sp³-hybridized carbons (Fsp3) is 0.211. The van der Waals surface area contributed by atoms with Crippen molar-refractivity contribution in [3.63, 3.8) is 0 Å². The molecule has 4 nitrogen and oxygen atoms in total. The minimum atomic E-state index is -0.276. The van der Waals surface area contributed by atoms with Gasteiger partial charge in [0.2, 0.25) is 0 Å². The van der Waals surface area contributed by atoms with Gasteiger partial charge in [-0.2, -0.15) is 5.26 Å². The van der Waals surface area contributed by atoms with Crippen molar-refractivity contribution in [2.75, 3.05) is 0 Å². The van der Waals surface area contributed by atoms with Crippen LogP contribution in [0, 0.1) is 18.3 Å². The van der Waals surface area contributed by atoms with E-state index in [4.69, 9.17) is 5.26 Å². The predicted molar refractivity (Wildman–Crippen MR) is 97.2 cm³/mol. The molecule has 5 heteroatoms. The van der Waals surface area contributed by atoms with Gasteiger partial charge in [0.15, 0.2) is 5.16 Å². The zero-order valence-corrected chi connectivity index (χ0v) is 14.4. The summed E-state index contributed by atoms with van der Waals surface area (Å²) in [6.45, 7) is 4.28. The highest BCUT2D eigenvalue weighted by molar-refractivity contribution is 8.00. The molecule has 1 aromatic heterocycles. The van der Waals surface area contributed by atoms with Crippen molar-refractivity contribution in [2.45, 2.75) is 30.8 Å². The van der Waals surface area contributed by atoms with E-state index < -0.39 is 0 Å². The molecule has 0 bridgehead atoms. The van der Waals surface area contributed by atoms with Gasteiger partial charge in [-0.05, 0) is 31.5 Å². The summed E-state index contributed by atoms with van der Waals surface area (Å²) in [5.41, 5.74) is 2.80. The van der Waals surface area contributed by atoms with Crippen LogP contribution in [0.5, 0.6) is 0 Å². The van der Waals surface area contributed by atoms with E-state index in [-0.39, 0.29) is 10.8 Å². The molecule has 120 valence electrons. The van der Waals surface area contributed by atoms with E-state index >= 15 is 0 Å². The van der Waals surface area contributed by atoms with Crippen LogP contribution in [0.1, 0.15) is 18.1 Å². The highest BCUT2D eigenvalue weighted by atomic mass is 32.2. The van der Waals surface area contributed by atoms with E-state index in [2.05, 4.69) is 11.1 Å². The predicted octanol–water partition coefficient (Wildman–Crippen LogP) is 3.76. The number of nitriles is 1. The average molecular weight is 335 g/mol. The van der Waals surface area contributed by atoms with Gasteiger partial charge in [0, 0.05) is 0 Å². The Balaban J connectivity index is 2.13. The maximum Gasteiger partial charge on any atom is 0.262 e. The Bertz CT molecular complexity index is 971. The van der Waals surface area contributed by atoms with Crippen molar-refractivity contribution in [2.24, 2.45) is 0 Å². The summed E-state index contributed by atoms with van der Waals surface area (Å²) >= 11 is 1.31. The molecule has 0 fully saturated rings. The van der Waals surface area contributed by atoms with Crippen LogP contribution in [-0.4, -0.2) is 14.8 Å². The number of benzene rings is 2. The molecule has 0 spiro atoms. The molecule has 2 aromatic carbocycles. The number of para-hydroxylation sites is 1. The van der Waals surface area contributed by atoms with E-state index in [1.165, 1.54) is 17.3 Å². The smallest absolute Gasteiger partial charge is 0.262 e. The molecule has 1 unspecified atom stereocenters. The van der Waals surface area contributed by atoms with Gasteiger partial charge in [-0.3, -0.25) is 9.36 Å². The third kappa shape index (κ3) is 3.34.